The van der Waals surface area contributed by atoms with Gasteiger partial charge in [-0.15, -0.1) is 0 Å². The summed E-state index contributed by atoms with van der Waals surface area (Å²) in [6.07, 6.45) is 10.0. The van der Waals surface area contributed by atoms with Crippen molar-refractivity contribution in [3.8, 4) is 0 Å². The largest absolute Gasteiger partial charge is 0.393 e. The molecule has 4 fully saturated rings. The lowest BCUT2D eigenvalue weighted by Crippen LogP contribution is -2.60. The molecule has 30 heavy (non-hydrogen) atoms. The molecular formula is C27H46F2O. The summed E-state index contributed by atoms with van der Waals surface area (Å²) in [5, 5.41) is 10.1. The lowest BCUT2D eigenvalue weighted by atomic mass is 9.43. The Morgan fingerprint density at radius 1 is 0.900 bits per heavy atom. The van der Waals surface area contributed by atoms with Gasteiger partial charge < -0.3 is 5.11 Å². The third-order valence-electron chi connectivity index (χ3n) is 10.8. The molecule has 4 saturated carbocycles. The van der Waals surface area contributed by atoms with Gasteiger partial charge in [0.05, 0.1) is 6.10 Å². The van der Waals surface area contributed by atoms with Gasteiger partial charge in [0, 0.05) is 12.3 Å². The van der Waals surface area contributed by atoms with E-state index >= 15 is 8.78 Å². The maximum atomic E-state index is 15.5. The average Bonchev–Trinajstić information content (AvgIpc) is 3.00. The monoisotopic (exact) mass is 424 g/mol. The second-order valence-electron chi connectivity index (χ2n) is 12.9. The molecular weight excluding hydrogens is 378 g/mol. The summed E-state index contributed by atoms with van der Waals surface area (Å²) < 4.78 is 31.0. The summed E-state index contributed by atoms with van der Waals surface area (Å²) in [6.45, 7) is 11.7. The minimum Gasteiger partial charge on any atom is -0.393 e. The first-order valence-corrected chi connectivity index (χ1v) is 13.0. The highest BCUT2D eigenvalue weighted by Crippen LogP contribution is 2.70. The maximum Gasteiger partial charge on any atom is 0.251 e. The zero-order chi connectivity index (χ0) is 21.9. The lowest BCUT2D eigenvalue weighted by Gasteiger charge is -2.62. The lowest BCUT2D eigenvalue weighted by molar-refractivity contribution is -0.235. The van der Waals surface area contributed by atoms with Crippen LogP contribution < -0.4 is 0 Å². The highest BCUT2D eigenvalue weighted by atomic mass is 19.3. The van der Waals surface area contributed by atoms with Gasteiger partial charge in [-0.25, -0.2) is 8.78 Å². The molecule has 0 saturated heterocycles. The second-order valence-corrected chi connectivity index (χ2v) is 12.9. The van der Waals surface area contributed by atoms with Gasteiger partial charge in [-0.05, 0) is 91.3 Å². The van der Waals surface area contributed by atoms with Gasteiger partial charge >= 0.3 is 0 Å². The number of hydrogen-bond acceptors (Lipinski definition) is 1. The molecule has 174 valence electrons. The Labute approximate surface area is 183 Å². The van der Waals surface area contributed by atoms with Gasteiger partial charge in [-0.1, -0.05) is 53.9 Å². The normalized spacial score (nSPS) is 48.7. The third-order valence-corrected chi connectivity index (χ3v) is 10.8. The number of fused-ring (bicyclic) bond motifs is 5. The minimum atomic E-state index is -2.61. The molecule has 4 rings (SSSR count). The van der Waals surface area contributed by atoms with Crippen molar-refractivity contribution >= 4 is 0 Å². The van der Waals surface area contributed by atoms with Crippen LogP contribution in [0, 0.1) is 52.3 Å². The van der Waals surface area contributed by atoms with Crippen LogP contribution >= 0.6 is 0 Å². The first-order chi connectivity index (χ1) is 14.0. The van der Waals surface area contributed by atoms with Gasteiger partial charge in [-0.2, -0.15) is 0 Å². The van der Waals surface area contributed by atoms with E-state index in [-0.39, 0.29) is 23.2 Å². The van der Waals surface area contributed by atoms with Gasteiger partial charge in [0.2, 0.25) is 0 Å². The molecule has 9 atom stereocenters. The van der Waals surface area contributed by atoms with E-state index in [0.717, 1.165) is 25.2 Å². The fourth-order valence-electron chi connectivity index (χ4n) is 9.28. The van der Waals surface area contributed by atoms with Gasteiger partial charge in [0.1, 0.15) is 0 Å². The molecule has 0 aromatic heterocycles. The van der Waals surface area contributed by atoms with Crippen LogP contribution in [0.25, 0.3) is 0 Å². The number of rotatable bonds is 5. The Kier molecular flexibility index (Phi) is 6.13. The van der Waals surface area contributed by atoms with Crippen molar-refractivity contribution in [1.82, 2.24) is 0 Å². The summed E-state index contributed by atoms with van der Waals surface area (Å²) in [5.41, 5.74) is -0.0280. The van der Waals surface area contributed by atoms with Crippen LogP contribution in [0.3, 0.4) is 0 Å². The summed E-state index contributed by atoms with van der Waals surface area (Å²) >= 11 is 0. The van der Waals surface area contributed by atoms with Crippen molar-refractivity contribution in [2.45, 2.75) is 117 Å². The third kappa shape index (κ3) is 3.67. The smallest absolute Gasteiger partial charge is 0.251 e. The first-order valence-electron chi connectivity index (χ1n) is 13.0. The molecule has 1 N–H and O–H groups in total. The van der Waals surface area contributed by atoms with E-state index in [1.165, 1.54) is 32.1 Å². The zero-order valence-corrected chi connectivity index (χ0v) is 20.1. The Morgan fingerprint density at radius 3 is 2.27 bits per heavy atom. The number of halogens is 2. The van der Waals surface area contributed by atoms with E-state index < -0.39 is 17.9 Å². The number of hydrogen-bond donors (Lipinski definition) is 1. The summed E-state index contributed by atoms with van der Waals surface area (Å²) in [4.78, 5) is 0. The first kappa shape index (κ1) is 23.0. The van der Waals surface area contributed by atoms with E-state index in [9.17, 15) is 5.11 Å². The van der Waals surface area contributed by atoms with E-state index in [4.69, 9.17) is 0 Å². The molecule has 1 nitrogen and oxygen atoms in total. The topological polar surface area (TPSA) is 20.2 Å². The van der Waals surface area contributed by atoms with E-state index in [1.807, 2.05) is 0 Å². The second kappa shape index (κ2) is 7.99. The molecule has 3 heteroatoms. The minimum absolute atomic E-state index is 0.0827. The molecule has 0 unspecified atom stereocenters. The summed E-state index contributed by atoms with van der Waals surface area (Å²) in [5.74, 6) is 0.0557. The Morgan fingerprint density at radius 2 is 1.57 bits per heavy atom. The molecule has 0 bridgehead atoms. The van der Waals surface area contributed by atoms with Crippen molar-refractivity contribution in [3.05, 3.63) is 0 Å². The molecule has 0 aliphatic heterocycles. The predicted molar refractivity (Wildman–Crippen MR) is 119 cm³/mol. The van der Waals surface area contributed by atoms with Crippen LogP contribution in [0.5, 0.6) is 0 Å². The molecule has 0 spiro atoms. The summed E-state index contributed by atoms with van der Waals surface area (Å²) in [7, 11) is 0. The zero-order valence-electron chi connectivity index (χ0n) is 20.1. The Bertz CT molecular complexity index is 618. The molecule has 0 aromatic carbocycles. The van der Waals surface area contributed by atoms with Crippen LogP contribution in [-0.4, -0.2) is 17.1 Å². The average molecular weight is 425 g/mol. The fourth-order valence-corrected chi connectivity index (χ4v) is 9.28. The SMILES string of the molecule is CC(C)CCC[C@@H](C)[C@H]1CC[C@H]2[C@@H]3CC(F)(F)[C@H]4C[C@@H](O)CC[C@]4(C)[C@H]3CC[C@]12C. The molecule has 0 heterocycles. The molecule has 0 radical (unpaired) electrons. The van der Waals surface area contributed by atoms with E-state index in [2.05, 4.69) is 34.6 Å². The quantitative estimate of drug-likeness (QED) is 0.479. The fraction of sp³-hybridized carbons (Fsp3) is 1.00. The van der Waals surface area contributed by atoms with Crippen molar-refractivity contribution < 1.29 is 13.9 Å². The van der Waals surface area contributed by atoms with E-state index in [1.54, 1.807) is 0 Å². The van der Waals surface area contributed by atoms with Gasteiger partial charge in [0.15, 0.2) is 0 Å². The Hall–Kier alpha value is -0.180. The van der Waals surface area contributed by atoms with Crippen LogP contribution in [0.2, 0.25) is 0 Å². The van der Waals surface area contributed by atoms with Crippen molar-refractivity contribution in [2.75, 3.05) is 0 Å². The van der Waals surface area contributed by atoms with Gasteiger partial charge in [0.25, 0.3) is 5.92 Å². The van der Waals surface area contributed by atoms with Crippen molar-refractivity contribution in [1.29, 1.82) is 0 Å². The number of alkyl halides is 2. The van der Waals surface area contributed by atoms with Crippen LogP contribution in [0.4, 0.5) is 8.78 Å². The van der Waals surface area contributed by atoms with Crippen LogP contribution in [-0.2, 0) is 0 Å². The molecule has 0 amide bonds. The molecule has 0 aromatic rings. The van der Waals surface area contributed by atoms with E-state index in [0.29, 0.717) is 36.5 Å². The summed E-state index contributed by atoms with van der Waals surface area (Å²) in [6, 6.07) is 0. The maximum absolute atomic E-state index is 15.5. The highest BCUT2D eigenvalue weighted by Gasteiger charge is 2.67. The Balaban J connectivity index is 1.53. The molecule has 4 aliphatic carbocycles. The number of aliphatic hydroxyl groups excluding tert-OH is 1. The molecule has 4 aliphatic rings. The highest BCUT2D eigenvalue weighted by molar-refractivity contribution is 5.13. The predicted octanol–water partition coefficient (Wildman–Crippen LogP) is 7.71. The van der Waals surface area contributed by atoms with Crippen LogP contribution in [0.15, 0.2) is 0 Å². The number of aliphatic hydroxyl groups is 1. The standard InChI is InChI=1S/C27H46F2O/c1-17(2)7-6-8-18(3)21-9-10-22-20-16-27(28,29)24-15-19(30)11-13-26(24,5)23(20)12-14-25(21,22)4/h17-24,30H,6-16H2,1-5H3/t18-,19+,20+,21-,22+,23+,24+,25-,26-/m1/s1. The van der Waals surface area contributed by atoms with Crippen molar-refractivity contribution in [3.63, 3.8) is 0 Å². The van der Waals surface area contributed by atoms with Gasteiger partial charge in [-0.3, -0.25) is 0 Å². The van der Waals surface area contributed by atoms with Crippen molar-refractivity contribution in [2.24, 2.45) is 52.3 Å². The van der Waals surface area contributed by atoms with Crippen LogP contribution in [0.1, 0.15) is 105 Å².